The van der Waals surface area contributed by atoms with Gasteiger partial charge in [-0.1, -0.05) is 59.6 Å². The molecule has 3 aromatic rings. The van der Waals surface area contributed by atoms with Crippen LogP contribution in [0.2, 0.25) is 10.0 Å². The predicted octanol–water partition coefficient (Wildman–Crippen LogP) is 4.70. The van der Waals surface area contributed by atoms with Gasteiger partial charge in [-0.3, -0.25) is 0 Å². The first-order valence-electron chi connectivity index (χ1n) is 6.29. The third-order valence-corrected chi connectivity index (χ3v) is 3.83. The van der Waals surface area contributed by atoms with Gasteiger partial charge in [-0.25, -0.2) is 9.97 Å². The highest BCUT2D eigenvalue weighted by molar-refractivity contribution is 6.43. The lowest BCUT2D eigenvalue weighted by atomic mass is 10.1. The van der Waals surface area contributed by atoms with E-state index in [4.69, 9.17) is 28.9 Å². The van der Waals surface area contributed by atoms with Crippen LogP contribution in [-0.2, 0) is 0 Å². The van der Waals surface area contributed by atoms with Crippen LogP contribution in [0.15, 0.2) is 54.6 Å². The third kappa shape index (κ3) is 2.84. The Bertz CT molecular complexity index is 789. The van der Waals surface area contributed by atoms with E-state index < -0.39 is 0 Å². The van der Waals surface area contributed by atoms with E-state index in [0.717, 1.165) is 11.3 Å². The molecule has 104 valence electrons. The van der Waals surface area contributed by atoms with Gasteiger partial charge in [-0.2, -0.15) is 0 Å². The van der Waals surface area contributed by atoms with Crippen molar-refractivity contribution in [1.29, 1.82) is 0 Å². The molecule has 0 aliphatic heterocycles. The summed E-state index contributed by atoms with van der Waals surface area (Å²) in [6.07, 6.45) is 0. The van der Waals surface area contributed by atoms with Crippen LogP contribution < -0.4 is 5.73 Å². The summed E-state index contributed by atoms with van der Waals surface area (Å²) in [5.41, 5.74) is 8.26. The van der Waals surface area contributed by atoms with Crippen molar-refractivity contribution in [3.05, 3.63) is 64.6 Å². The zero-order valence-corrected chi connectivity index (χ0v) is 12.4. The number of hydrogen-bond acceptors (Lipinski definition) is 3. The molecule has 3 rings (SSSR count). The highest BCUT2D eigenvalue weighted by Gasteiger charge is 2.12. The fourth-order valence-corrected chi connectivity index (χ4v) is 2.40. The highest BCUT2D eigenvalue weighted by Crippen LogP contribution is 2.33. The molecule has 0 aliphatic carbocycles. The normalized spacial score (nSPS) is 10.6. The molecule has 0 saturated carbocycles. The van der Waals surface area contributed by atoms with Crippen molar-refractivity contribution in [1.82, 2.24) is 9.97 Å². The predicted molar refractivity (Wildman–Crippen MR) is 87.3 cm³/mol. The molecule has 0 spiro atoms. The standard InChI is InChI=1S/C16H11Cl2N3/c17-12-8-4-7-11(15(12)18)16-20-13(9-14(19)21-16)10-5-2-1-3-6-10/h1-9H,(H2,19,20,21). The molecular formula is C16H11Cl2N3. The number of anilines is 1. The van der Waals surface area contributed by atoms with Crippen LogP contribution >= 0.6 is 23.2 Å². The molecule has 2 aromatic carbocycles. The maximum atomic E-state index is 6.23. The molecule has 3 nitrogen and oxygen atoms in total. The van der Waals surface area contributed by atoms with E-state index in [2.05, 4.69) is 9.97 Å². The van der Waals surface area contributed by atoms with Gasteiger partial charge < -0.3 is 5.73 Å². The molecule has 0 saturated heterocycles. The van der Waals surface area contributed by atoms with Crippen LogP contribution in [0.25, 0.3) is 22.6 Å². The number of rotatable bonds is 2. The minimum absolute atomic E-state index is 0.384. The lowest BCUT2D eigenvalue weighted by Gasteiger charge is -2.08. The van der Waals surface area contributed by atoms with E-state index in [-0.39, 0.29) is 0 Å². The average Bonchev–Trinajstić information content (AvgIpc) is 2.50. The zero-order valence-electron chi connectivity index (χ0n) is 10.9. The second kappa shape index (κ2) is 5.72. The Kier molecular flexibility index (Phi) is 3.78. The molecule has 1 aromatic heterocycles. The van der Waals surface area contributed by atoms with E-state index in [0.29, 0.717) is 27.3 Å². The second-order valence-corrected chi connectivity index (χ2v) is 5.25. The van der Waals surface area contributed by atoms with E-state index in [9.17, 15) is 0 Å². The molecular weight excluding hydrogens is 305 g/mol. The number of nitrogens with two attached hydrogens (primary N) is 1. The minimum Gasteiger partial charge on any atom is -0.384 e. The van der Waals surface area contributed by atoms with E-state index in [1.807, 2.05) is 36.4 Å². The number of hydrogen-bond donors (Lipinski definition) is 1. The Balaban J connectivity index is 2.17. The maximum Gasteiger partial charge on any atom is 0.163 e. The minimum atomic E-state index is 0.384. The van der Waals surface area contributed by atoms with Crippen molar-refractivity contribution in [2.45, 2.75) is 0 Å². The Morgan fingerprint density at radius 2 is 1.62 bits per heavy atom. The molecule has 0 aliphatic rings. The lowest BCUT2D eigenvalue weighted by molar-refractivity contribution is 1.19. The molecule has 0 amide bonds. The van der Waals surface area contributed by atoms with Crippen LogP contribution in [0.4, 0.5) is 5.82 Å². The molecule has 0 radical (unpaired) electrons. The monoisotopic (exact) mass is 315 g/mol. The van der Waals surface area contributed by atoms with Gasteiger partial charge in [0.25, 0.3) is 0 Å². The van der Waals surface area contributed by atoms with Gasteiger partial charge in [0.05, 0.1) is 15.7 Å². The quantitative estimate of drug-likeness (QED) is 0.745. The van der Waals surface area contributed by atoms with Crippen molar-refractivity contribution in [3.63, 3.8) is 0 Å². The first-order valence-corrected chi connectivity index (χ1v) is 7.05. The number of benzene rings is 2. The summed E-state index contributed by atoms with van der Waals surface area (Å²) in [5, 5.41) is 0.880. The Labute approximate surface area is 132 Å². The molecule has 2 N–H and O–H groups in total. The Hall–Kier alpha value is -2.10. The van der Waals surface area contributed by atoms with Crippen LogP contribution in [0, 0.1) is 0 Å². The lowest BCUT2D eigenvalue weighted by Crippen LogP contribution is -1.98. The van der Waals surface area contributed by atoms with Gasteiger partial charge >= 0.3 is 0 Å². The third-order valence-electron chi connectivity index (χ3n) is 3.01. The van der Waals surface area contributed by atoms with Crippen LogP contribution in [-0.4, -0.2) is 9.97 Å². The number of aromatic nitrogens is 2. The van der Waals surface area contributed by atoms with Gasteiger partial charge in [0.2, 0.25) is 0 Å². The highest BCUT2D eigenvalue weighted by atomic mass is 35.5. The maximum absolute atomic E-state index is 6.23. The number of halogens is 2. The molecule has 21 heavy (non-hydrogen) atoms. The van der Waals surface area contributed by atoms with Crippen molar-refractivity contribution in [2.75, 3.05) is 5.73 Å². The van der Waals surface area contributed by atoms with E-state index >= 15 is 0 Å². The Morgan fingerprint density at radius 3 is 2.38 bits per heavy atom. The van der Waals surface area contributed by atoms with Crippen LogP contribution in [0.3, 0.4) is 0 Å². The van der Waals surface area contributed by atoms with Crippen molar-refractivity contribution >= 4 is 29.0 Å². The molecule has 0 unspecified atom stereocenters. The Morgan fingerprint density at radius 1 is 0.857 bits per heavy atom. The zero-order chi connectivity index (χ0) is 14.8. The summed E-state index contributed by atoms with van der Waals surface area (Å²) in [4.78, 5) is 8.80. The van der Waals surface area contributed by atoms with Crippen LogP contribution in [0.5, 0.6) is 0 Å². The van der Waals surface area contributed by atoms with E-state index in [1.54, 1.807) is 18.2 Å². The first kappa shape index (κ1) is 13.9. The summed E-state index contributed by atoms with van der Waals surface area (Å²) in [6, 6.07) is 16.8. The summed E-state index contributed by atoms with van der Waals surface area (Å²) < 4.78 is 0. The topological polar surface area (TPSA) is 51.8 Å². The van der Waals surface area contributed by atoms with Gasteiger partial charge in [0, 0.05) is 17.2 Å². The molecule has 1 heterocycles. The number of nitrogen functional groups attached to an aromatic ring is 1. The fraction of sp³-hybridized carbons (Fsp3) is 0. The molecule has 0 fully saturated rings. The average molecular weight is 316 g/mol. The van der Waals surface area contributed by atoms with Crippen molar-refractivity contribution in [2.24, 2.45) is 0 Å². The van der Waals surface area contributed by atoms with Gasteiger partial charge in [0.15, 0.2) is 5.82 Å². The largest absolute Gasteiger partial charge is 0.384 e. The molecule has 5 heteroatoms. The molecule has 0 atom stereocenters. The smallest absolute Gasteiger partial charge is 0.163 e. The van der Waals surface area contributed by atoms with E-state index in [1.165, 1.54) is 0 Å². The summed E-state index contributed by atoms with van der Waals surface area (Å²) in [5.74, 6) is 0.844. The van der Waals surface area contributed by atoms with Gasteiger partial charge in [0.1, 0.15) is 5.82 Å². The summed E-state index contributed by atoms with van der Waals surface area (Å²) in [7, 11) is 0. The summed E-state index contributed by atoms with van der Waals surface area (Å²) in [6.45, 7) is 0. The fourth-order valence-electron chi connectivity index (χ4n) is 2.02. The van der Waals surface area contributed by atoms with Gasteiger partial charge in [-0.15, -0.1) is 0 Å². The first-order chi connectivity index (χ1) is 10.1. The van der Waals surface area contributed by atoms with Crippen molar-refractivity contribution in [3.8, 4) is 22.6 Å². The SMILES string of the molecule is Nc1cc(-c2ccccc2)nc(-c2cccc(Cl)c2Cl)n1. The van der Waals surface area contributed by atoms with Crippen molar-refractivity contribution < 1.29 is 0 Å². The van der Waals surface area contributed by atoms with Gasteiger partial charge in [-0.05, 0) is 12.1 Å². The molecule has 0 bridgehead atoms. The second-order valence-electron chi connectivity index (χ2n) is 4.47. The number of nitrogens with zero attached hydrogens (tertiary/aromatic N) is 2. The summed E-state index contributed by atoms with van der Waals surface area (Å²) >= 11 is 12.3. The van der Waals surface area contributed by atoms with Crippen LogP contribution in [0.1, 0.15) is 0 Å².